The van der Waals surface area contributed by atoms with Gasteiger partial charge in [-0.05, 0) is 13.5 Å². The highest BCUT2D eigenvalue weighted by Gasteiger charge is 2.23. The molecule has 5 nitrogen and oxygen atoms in total. The number of aromatic nitrogens is 2. The summed E-state index contributed by atoms with van der Waals surface area (Å²) in [4.78, 5) is 16.6. The highest BCUT2D eigenvalue weighted by molar-refractivity contribution is 5.95. The van der Waals surface area contributed by atoms with E-state index < -0.39 is 0 Å². The van der Waals surface area contributed by atoms with Gasteiger partial charge >= 0.3 is 0 Å². The van der Waals surface area contributed by atoms with Gasteiger partial charge in [0.15, 0.2) is 0 Å². The van der Waals surface area contributed by atoms with Gasteiger partial charge in [0.05, 0.1) is 11.3 Å². The minimum Gasteiger partial charge on any atom is -0.336 e. The van der Waals surface area contributed by atoms with E-state index in [1.165, 1.54) is 0 Å². The molecule has 0 bridgehead atoms. The molecule has 1 aromatic rings. The first-order chi connectivity index (χ1) is 8.11. The monoisotopic (exact) mass is 236 g/mol. The molecule has 1 amide bonds. The minimum atomic E-state index is 0.117. The second kappa shape index (κ2) is 4.87. The van der Waals surface area contributed by atoms with E-state index in [1.807, 2.05) is 25.1 Å². The molecule has 0 saturated carbocycles. The number of hydrogen-bond donors (Lipinski definition) is 0. The van der Waals surface area contributed by atoms with Crippen LogP contribution in [0.1, 0.15) is 23.0 Å². The Labute approximate surface area is 102 Å². The predicted molar refractivity (Wildman–Crippen MR) is 66.0 cm³/mol. The third kappa shape index (κ3) is 2.49. The van der Waals surface area contributed by atoms with Gasteiger partial charge in [0.2, 0.25) is 0 Å². The van der Waals surface area contributed by atoms with Crippen molar-refractivity contribution in [2.75, 3.05) is 32.7 Å². The molecule has 94 valence electrons. The molecule has 1 aliphatic heterocycles. The lowest BCUT2D eigenvalue weighted by Gasteiger charge is -2.33. The predicted octanol–water partition coefficient (Wildman–Crippen LogP) is 0.506. The van der Waals surface area contributed by atoms with Crippen molar-refractivity contribution >= 4 is 5.91 Å². The minimum absolute atomic E-state index is 0.117. The first-order valence-corrected chi connectivity index (χ1v) is 6.13. The highest BCUT2D eigenvalue weighted by atomic mass is 16.2. The van der Waals surface area contributed by atoms with Gasteiger partial charge in [-0.25, -0.2) is 0 Å². The average Bonchev–Trinajstić information content (AvgIpc) is 2.68. The van der Waals surface area contributed by atoms with Crippen LogP contribution >= 0.6 is 0 Å². The second-order valence-corrected chi connectivity index (χ2v) is 4.53. The van der Waals surface area contributed by atoms with Crippen LogP contribution in [0.4, 0.5) is 0 Å². The number of nitrogens with zero attached hydrogens (tertiary/aromatic N) is 4. The molecule has 5 heteroatoms. The summed E-state index contributed by atoms with van der Waals surface area (Å²) in [7, 11) is 1.85. The molecule has 2 heterocycles. The summed E-state index contributed by atoms with van der Waals surface area (Å²) < 4.78 is 1.70. The van der Waals surface area contributed by atoms with E-state index in [0.29, 0.717) is 0 Å². The van der Waals surface area contributed by atoms with Crippen LogP contribution in [0.3, 0.4) is 0 Å². The van der Waals surface area contributed by atoms with Crippen LogP contribution in [-0.2, 0) is 7.05 Å². The molecule has 1 fully saturated rings. The first-order valence-electron chi connectivity index (χ1n) is 6.13. The average molecular weight is 236 g/mol. The smallest absolute Gasteiger partial charge is 0.257 e. The van der Waals surface area contributed by atoms with E-state index in [2.05, 4.69) is 16.9 Å². The zero-order chi connectivity index (χ0) is 12.4. The molecule has 0 spiro atoms. The van der Waals surface area contributed by atoms with E-state index in [-0.39, 0.29) is 5.91 Å². The Morgan fingerprint density at radius 2 is 2.00 bits per heavy atom. The summed E-state index contributed by atoms with van der Waals surface area (Å²) >= 11 is 0. The fourth-order valence-corrected chi connectivity index (χ4v) is 2.25. The van der Waals surface area contributed by atoms with Gasteiger partial charge < -0.3 is 9.80 Å². The highest BCUT2D eigenvalue weighted by Crippen LogP contribution is 2.11. The number of rotatable bonds is 2. The summed E-state index contributed by atoms with van der Waals surface area (Å²) in [6, 6.07) is 0. The van der Waals surface area contributed by atoms with Gasteiger partial charge in [-0.1, -0.05) is 6.92 Å². The normalized spacial score (nSPS) is 17.5. The third-order valence-corrected chi connectivity index (χ3v) is 3.35. The van der Waals surface area contributed by atoms with Crippen LogP contribution in [0.5, 0.6) is 0 Å². The molecule has 1 aliphatic rings. The van der Waals surface area contributed by atoms with Crippen LogP contribution in [0.15, 0.2) is 6.20 Å². The summed E-state index contributed by atoms with van der Waals surface area (Å²) in [6.45, 7) is 8.69. The third-order valence-electron chi connectivity index (χ3n) is 3.35. The van der Waals surface area contributed by atoms with Crippen molar-refractivity contribution < 1.29 is 4.79 Å². The van der Waals surface area contributed by atoms with E-state index >= 15 is 0 Å². The second-order valence-electron chi connectivity index (χ2n) is 4.53. The molecule has 17 heavy (non-hydrogen) atoms. The molecule has 2 rings (SSSR count). The van der Waals surface area contributed by atoms with Gasteiger partial charge in [-0.3, -0.25) is 9.48 Å². The molecule has 0 aromatic carbocycles. The molecule has 0 atom stereocenters. The summed E-state index contributed by atoms with van der Waals surface area (Å²) in [5.74, 6) is 0.117. The maximum absolute atomic E-state index is 12.3. The number of amides is 1. The molecule has 0 N–H and O–H groups in total. The van der Waals surface area contributed by atoms with Crippen LogP contribution in [0.25, 0.3) is 0 Å². The lowest BCUT2D eigenvalue weighted by Crippen LogP contribution is -2.48. The Hall–Kier alpha value is -1.36. The van der Waals surface area contributed by atoms with Crippen molar-refractivity contribution in [3.05, 3.63) is 17.5 Å². The number of aryl methyl sites for hydroxylation is 2. The van der Waals surface area contributed by atoms with Crippen LogP contribution in [0, 0.1) is 6.92 Å². The van der Waals surface area contributed by atoms with Gasteiger partial charge in [0, 0.05) is 39.4 Å². The number of carbonyl (C=O) groups excluding carboxylic acids is 1. The quantitative estimate of drug-likeness (QED) is 0.751. The van der Waals surface area contributed by atoms with Crippen LogP contribution in [0.2, 0.25) is 0 Å². The van der Waals surface area contributed by atoms with Crippen LogP contribution < -0.4 is 0 Å². The Morgan fingerprint density at radius 1 is 1.35 bits per heavy atom. The van der Waals surface area contributed by atoms with Crippen molar-refractivity contribution in [3.8, 4) is 0 Å². The Bertz CT molecular complexity index is 405. The molecular formula is C12H20N4O. The molecule has 0 unspecified atom stereocenters. The molecular weight excluding hydrogens is 216 g/mol. The number of piperazine rings is 1. The fraction of sp³-hybridized carbons (Fsp3) is 0.667. The molecule has 0 radical (unpaired) electrons. The van der Waals surface area contributed by atoms with Gasteiger partial charge in [-0.2, -0.15) is 5.10 Å². The SMILES string of the molecule is CCN1CCN(C(=O)c2cn(C)nc2C)CC1. The largest absolute Gasteiger partial charge is 0.336 e. The van der Waals surface area contributed by atoms with E-state index in [9.17, 15) is 4.79 Å². The lowest BCUT2D eigenvalue weighted by atomic mass is 10.2. The molecule has 1 aromatic heterocycles. The van der Waals surface area contributed by atoms with E-state index in [4.69, 9.17) is 0 Å². The van der Waals surface area contributed by atoms with Gasteiger partial charge in [0.1, 0.15) is 0 Å². The fourth-order valence-electron chi connectivity index (χ4n) is 2.25. The van der Waals surface area contributed by atoms with E-state index in [1.54, 1.807) is 4.68 Å². The van der Waals surface area contributed by atoms with Crippen molar-refractivity contribution in [2.24, 2.45) is 7.05 Å². The summed E-state index contributed by atoms with van der Waals surface area (Å²) in [6.07, 6.45) is 1.81. The standard InChI is InChI=1S/C12H20N4O/c1-4-15-5-7-16(8-6-15)12(17)11-9-14(3)13-10(11)2/h9H,4-8H2,1-3H3. The number of carbonyl (C=O) groups is 1. The first kappa shape index (κ1) is 12.1. The zero-order valence-electron chi connectivity index (χ0n) is 10.8. The van der Waals surface area contributed by atoms with Gasteiger partial charge in [-0.15, -0.1) is 0 Å². The maximum Gasteiger partial charge on any atom is 0.257 e. The number of hydrogen-bond acceptors (Lipinski definition) is 3. The molecule has 1 saturated heterocycles. The van der Waals surface area contributed by atoms with Crippen molar-refractivity contribution in [1.82, 2.24) is 19.6 Å². The topological polar surface area (TPSA) is 41.4 Å². The van der Waals surface area contributed by atoms with Crippen molar-refractivity contribution in [2.45, 2.75) is 13.8 Å². The summed E-state index contributed by atoms with van der Waals surface area (Å²) in [5.41, 5.74) is 1.55. The van der Waals surface area contributed by atoms with Crippen molar-refractivity contribution in [3.63, 3.8) is 0 Å². The Kier molecular flexibility index (Phi) is 3.47. The lowest BCUT2D eigenvalue weighted by molar-refractivity contribution is 0.0642. The molecule has 0 aliphatic carbocycles. The zero-order valence-corrected chi connectivity index (χ0v) is 10.8. The van der Waals surface area contributed by atoms with Crippen molar-refractivity contribution in [1.29, 1.82) is 0 Å². The van der Waals surface area contributed by atoms with Crippen LogP contribution in [-0.4, -0.2) is 58.2 Å². The van der Waals surface area contributed by atoms with E-state index in [0.717, 1.165) is 44.0 Å². The van der Waals surface area contributed by atoms with Gasteiger partial charge in [0.25, 0.3) is 5.91 Å². The summed E-state index contributed by atoms with van der Waals surface area (Å²) in [5, 5.41) is 4.22. The number of likely N-dealkylation sites (N-methyl/N-ethyl adjacent to an activating group) is 1. The maximum atomic E-state index is 12.3. The Balaban J connectivity index is 2.04. The Morgan fingerprint density at radius 3 is 2.47 bits per heavy atom.